The summed E-state index contributed by atoms with van der Waals surface area (Å²) in [6, 6.07) is 17.2. The minimum Gasteiger partial charge on any atom is -0.460 e. The molecule has 0 unspecified atom stereocenters. The van der Waals surface area contributed by atoms with Crippen LogP contribution in [0.1, 0.15) is 148 Å². The van der Waals surface area contributed by atoms with Gasteiger partial charge in [-0.2, -0.15) is 18.3 Å². The topological polar surface area (TPSA) is 44.1 Å². The maximum Gasteiger partial charge on any atom is 0.389 e. The van der Waals surface area contributed by atoms with Crippen LogP contribution in [0.25, 0.3) is 11.3 Å². The number of esters is 1. The van der Waals surface area contributed by atoms with Crippen molar-refractivity contribution >= 4 is 17.7 Å². The first-order chi connectivity index (χ1) is 24.4. The molecule has 3 rings (SSSR count). The molecule has 1 heterocycles. The van der Waals surface area contributed by atoms with Gasteiger partial charge in [0.15, 0.2) is 0 Å². The summed E-state index contributed by atoms with van der Waals surface area (Å²) < 4.78 is 44.4. The van der Waals surface area contributed by atoms with Crippen molar-refractivity contribution in [2.75, 3.05) is 0 Å². The first-order valence-corrected chi connectivity index (χ1v) is 20.0. The number of hydrogen-bond acceptors (Lipinski definition) is 4. The Labute approximate surface area is 309 Å². The molecule has 2 aromatic carbocycles. The van der Waals surface area contributed by atoms with Crippen molar-refractivity contribution in [3.63, 3.8) is 0 Å². The van der Waals surface area contributed by atoms with Crippen molar-refractivity contribution in [2.24, 2.45) is 0 Å². The molecular weight excluding hydrogens is 666 g/mol. The lowest BCUT2D eigenvalue weighted by Crippen LogP contribution is -2.23. The molecule has 0 aliphatic rings. The maximum atomic E-state index is 12.3. The molecule has 280 valence electrons. The monoisotopic (exact) mass is 724 g/mol. The molecule has 0 amide bonds. The molecule has 0 spiro atoms. The number of hydrogen-bond donors (Lipinski definition) is 0. The Bertz CT molecular complexity index is 1480. The van der Waals surface area contributed by atoms with Gasteiger partial charge in [-0.15, -0.1) is 0 Å². The standard InChI is InChI=1S/C43H59F3N2O2S/c1-5-6-21-35-26-30-38(31-27-35)51-39-34-48(33-20-16-12-8-10-14-18-23-40(49)50-42(2,3)4)47-41(39)37-28-24-36(25-29-37)22-17-13-9-7-11-15-19-32-43(44,45)46/h24-31,34H,5,7-20,22-23,32-33H2,1-4H3. The van der Waals surface area contributed by atoms with Crippen LogP contribution in [0.15, 0.2) is 64.5 Å². The van der Waals surface area contributed by atoms with Crippen LogP contribution in [0.4, 0.5) is 13.2 Å². The highest BCUT2D eigenvalue weighted by atomic mass is 32.2. The smallest absolute Gasteiger partial charge is 0.389 e. The summed E-state index contributed by atoms with van der Waals surface area (Å²) in [7, 11) is 0. The zero-order valence-electron chi connectivity index (χ0n) is 31.4. The van der Waals surface area contributed by atoms with E-state index in [0.717, 1.165) is 110 Å². The zero-order chi connectivity index (χ0) is 37.0. The average Bonchev–Trinajstić information content (AvgIpc) is 3.47. The van der Waals surface area contributed by atoms with Gasteiger partial charge in [0.05, 0.1) is 4.90 Å². The van der Waals surface area contributed by atoms with E-state index in [9.17, 15) is 18.0 Å². The summed E-state index contributed by atoms with van der Waals surface area (Å²) >= 11 is 1.73. The molecule has 0 saturated heterocycles. The lowest BCUT2D eigenvalue weighted by atomic mass is 10.0. The largest absolute Gasteiger partial charge is 0.460 e. The number of benzene rings is 2. The predicted molar refractivity (Wildman–Crippen MR) is 205 cm³/mol. The molecule has 8 heteroatoms. The number of nitrogens with zero attached hydrogens (tertiary/aromatic N) is 2. The third kappa shape index (κ3) is 18.8. The van der Waals surface area contributed by atoms with E-state index in [4.69, 9.17) is 9.84 Å². The first-order valence-electron chi connectivity index (χ1n) is 19.1. The SMILES string of the molecule is CCC#Cc1ccc(Sc2cn(CCCCCCCCCC(=O)OC(C)(C)C)nc2-c2ccc(CCCCCCCCCC(F)(F)F)cc2)cc1. The van der Waals surface area contributed by atoms with Gasteiger partial charge in [-0.05, 0) is 82.7 Å². The van der Waals surface area contributed by atoms with Gasteiger partial charge in [0.1, 0.15) is 11.3 Å². The zero-order valence-corrected chi connectivity index (χ0v) is 32.2. The van der Waals surface area contributed by atoms with E-state index in [-0.39, 0.29) is 12.4 Å². The summed E-state index contributed by atoms with van der Waals surface area (Å²) in [5.74, 6) is 6.24. The lowest BCUT2D eigenvalue weighted by Gasteiger charge is -2.19. The fourth-order valence-electron chi connectivity index (χ4n) is 5.90. The highest BCUT2D eigenvalue weighted by molar-refractivity contribution is 7.99. The fraction of sp³-hybridized carbons (Fsp3) is 0.581. The normalized spacial score (nSPS) is 11.7. The fourth-order valence-corrected chi connectivity index (χ4v) is 6.86. The second kappa shape index (κ2) is 22.7. The van der Waals surface area contributed by atoms with Crippen molar-refractivity contribution in [1.82, 2.24) is 9.78 Å². The van der Waals surface area contributed by atoms with Crippen molar-refractivity contribution in [3.05, 3.63) is 65.9 Å². The van der Waals surface area contributed by atoms with Crippen LogP contribution in [0.5, 0.6) is 0 Å². The van der Waals surface area contributed by atoms with E-state index in [2.05, 4.69) is 78.2 Å². The Morgan fingerprint density at radius 1 is 0.784 bits per heavy atom. The van der Waals surface area contributed by atoms with E-state index < -0.39 is 18.2 Å². The number of alkyl halides is 3. The molecule has 0 saturated carbocycles. The Morgan fingerprint density at radius 3 is 1.98 bits per heavy atom. The molecule has 3 aromatic rings. The second-order valence-electron chi connectivity index (χ2n) is 14.5. The molecule has 0 bridgehead atoms. The average molecular weight is 725 g/mol. The molecule has 0 aliphatic heterocycles. The Hall–Kier alpha value is -3.18. The molecule has 4 nitrogen and oxygen atoms in total. The summed E-state index contributed by atoms with van der Waals surface area (Å²) in [4.78, 5) is 14.2. The number of rotatable bonds is 22. The number of aromatic nitrogens is 2. The van der Waals surface area contributed by atoms with Crippen LogP contribution in [0, 0.1) is 11.8 Å². The van der Waals surface area contributed by atoms with Gasteiger partial charge in [-0.3, -0.25) is 9.48 Å². The van der Waals surface area contributed by atoms with Crippen LogP contribution in [-0.2, 0) is 22.5 Å². The van der Waals surface area contributed by atoms with Gasteiger partial charge in [-0.1, -0.05) is 119 Å². The van der Waals surface area contributed by atoms with E-state index >= 15 is 0 Å². The molecule has 0 aliphatic carbocycles. The molecule has 0 N–H and O–H groups in total. The number of aryl methyl sites for hydroxylation is 2. The maximum absolute atomic E-state index is 12.3. The summed E-state index contributed by atoms with van der Waals surface area (Å²) in [6.45, 7) is 8.65. The van der Waals surface area contributed by atoms with Gasteiger partial charge < -0.3 is 4.74 Å². The number of carbonyl (C=O) groups is 1. The summed E-state index contributed by atoms with van der Waals surface area (Å²) in [5, 5.41) is 5.06. The van der Waals surface area contributed by atoms with Crippen LogP contribution >= 0.6 is 11.8 Å². The number of unbranched alkanes of at least 4 members (excludes halogenated alkanes) is 12. The molecule has 51 heavy (non-hydrogen) atoms. The third-order valence-electron chi connectivity index (χ3n) is 8.56. The second-order valence-corrected chi connectivity index (χ2v) is 15.6. The molecule has 0 radical (unpaired) electrons. The van der Waals surface area contributed by atoms with Gasteiger partial charge in [-0.25, -0.2) is 0 Å². The highest BCUT2D eigenvalue weighted by Crippen LogP contribution is 2.36. The third-order valence-corrected chi connectivity index (χ3v) is 9.59. The minimum atomic E-state index is -4.03. The van der Waals surface area contributed by atoms with Crippen LogP contribution in [0.2, 0.25) is 0 Å². The molecule has 0 fully saturated rings. The van der Waals surface area contributed by atoms with Gasteiger partial charge >= 0.3 is 12.1 Å². The Morgan fingerprint density at radius 2 is 1.37 bits per heavy atom. The van der Waals surface area contributed by atoms with Crippen molar-refractivity contribution in [1.29, 1.82) is 0 Å². The first kappa shape index (κ1) is 42.2. The number of halogens is 3. The van der Waals surface area contributed by atoms with Crippen LogP contribution in [0.3, 0.4) is 0 Å². The molecular formula is C43H59F3N2O2S. The lowest BCUT2D eigenvalue weighted by molar-refractivity contribution is -0.155. The van der Waals surface area contributed by atoms with Crippen molar-refractivity contribution < 1.29 is 22.7 Å². The van der Waals surface area contributed by atoms with Gasteiger partial charge in [0, 0.05) is 48.0 Å². The van der Waals surface area contributed by atoms with E-state index in [1.54, 1.807) is 11.8 Å². The van der Waals surface area contributed by atoms with E-state index in [1.807, 2.05) is 20.8 Å². The number of ether oxygens (including phenoxy) is 1. The number of carbonyl (C=O) groups excluding carboxylic acids is 1. The summed E-state index contributed by atoms with van der Waals surface area (Å²) in [6.07, 6.45) is 13.6. The highest BCUT2D eigenvalue weighted by Gasteiger charge is 2.25. The van der Waals surface area contributed by atoms with E-state index in [0.29, 0.717) is 12.8 Å². The Kier molecular flexibility index (Phi) is 18.8. The van der Waals surface area contributed by atoms with Crippen LogP contribution in [-0.4, -0.2) is 27.5 Å². The molecule has 0 atom stereocenters. The quantitative estimate of drug-likeness (QED) is 0.0588. The van der Waals surface area contributed by atoms with Crippen LogP contribution < -0.4 is 0 Å². The van der Waals surface area contributed by atoms with Gasteiger partial charge in [0.25, 0.3) is 0 Å². The predicted octanol–water partition coefficient (Wildman–Crippen LogP) is 13.2. The van der Waals surface area contributed by atoms with E-state index in [1.165, 1.54) is 18.4 Å². The summed E-state index contributed by atoms with van der Waals surface area (Å²) in [5.41, 5.74) is 4.01. The van der Waals surface area contributed by atoms with Gasteiger partial charge in [0.2, 0.25) is 0 Å². The van der Waals surface area contributed by atoms with Crippen molar-refractivity contribution in [2.45, 2.75) is 171 Å². The minimum absolute atomic E-state index is 0.100. The van der Waals surface area contributed by atoms with Crippen molar-refractivity contribution in [3.8, 4) is 23.1 Å². The molecule has 1 aromatic heterocycles. The Balaban J connectivity index is 1.49.